The van der Waals surface area contributed by atoms with Crippen LogP contribution in [0.25, 0.3) is 10.2 Å². The van der Waals surface area contributed by atoms with Crippen molar-refractivity contribution >= 4 is 50.7 Å². The van der Waals surface area contributed by atoms with Crippen molar-refractivity contribution < 1.29 is 9.59 Å². The molecule has 3 rings (SSSR count). The summed E-state index contributed by atoms with van der Waals surface area (Å²) >= 11 is 2.77. The fraction of sp³-hybridized carbons (Fsp3) is 0.300. The second-order valence-corrected chi connectivity index (χ2v) is 9.12. The van der Waals surface area contributed by atoms with Crippen molar-refractivity contribution in [2.75, 3.05) is 5.32 Å². The van der Waals surface area contributed by atoms with Gasteiger partial charge in [-0.25, -0.2) is 4.98 Å². The number of benzene rings is 1. The number of nitrogens with zero attached hydrogens (tertiary/aromatic N) is 2. The zero-order valence-corrected chi connectivity index (χ0v) is 18.0. The van der Waals surface area contributed by atoms with Crippen LogP contribution in [0.4, 0.5) is 5.69 Å². The highest BCUT2D eigenvalue weighted by Crippen LogP contribution is 2.30. The second-order valence-electron chi connectivity index (χ2n) is 6.60. The Morgan fingerprint density at radius 1 is 1.21 bits per heavy atom. The van der Waals surface area contributed by atoms with E-state index in [1.165, 1.54) is 34.6 Å². The SMILES string of the molecule is CC(=O)Nc1ccc(C(=O)C(C)Sc2nc3sc(C)c(C)c3c(=O)n2C)cc1. The Morgan fingerprint density at radius 3 is 2.46 bits per heavy atom. The molecule has 6 nitrogen and oxygen atoms in total. The summed E-state index contributed by atoms with van der Waals surface area (Å²) in [5.41, 5.74) is 2.06. The van der Waals surface area contributed by atoms with Crippen molar-refractivity contribution in [3.8, 4) is 0 Å². The van der Waals surface area contributed by atoms with Gasteiger partial charge < -0.3 is 5.32 Å². The maximum atomic E-state index is 12.8. The number of carbonyl (C=O) groups excluding carboxylic acids is 2. The molecule has 1 amide bonds. The minimum absolute atomic E-state index is 0.0627. The summed E-state index contributed by atoms with van der Waals surface area (Å²) in [5, 5.41) is 3.44. The van der Waals surface area contributed by atoms with Crippen molar-refractivity contribution in [2.24, 2.45) is 7.05 Å². The quantitative estimate of drug-likeness (QED) is 0.388. The van der Waals surface area contributed by atoms with E-state index in [-0.39, 0.29) is 17.2 Å². The molecule has 2 heterocycles. The van der Waals surface area contributed by atoms with Crippen LogP contribution < -0.4 is 10.9 Å². The fourth-order valence-corrected chi connectivity index (χ4v) is 4.85. The number of hydrogen-bond donors (Lipinski definition) is 1. The van der Waals surface area contributed by atoms with Crippen LogP contribution in [-0.4, -0.2) is 26.5 Å². The third-order valence-electron chi connectivity index (χ3n) is 4.51. The summed E-state index contributed by atoms with van der Waals surface area (Å²) in [6, 6.07) is 6.77. The highest BCUT2D eigenvalue weighted by atomic mass is 32.2. The summed E-state index contributed by atoms with van der Waals surface area (Å²) in [4.78, 5) is 43.0. The lowest BCUT2D eigenvalue weighted by atomic mass is 10.1. The molecule has 28 heavy (non-hydrogen) atoms. The molecule has 1 N–H and O–H groups in total. The third-order valence-corrected chi connectivity index (χ3v) is 6.76. The van der Waals surface area contributed by atoms with Gasteiger partial charge in [0.15, 0.2) is 10.9 Å². The molecule has 146 valence electrons. The molecule has 0 bridgehead atoms. The molecule has 0 aliphatic heterocycles. The van der Waals surface area contributed by atoms with Gasteiger partial charge >= 0.3 is 0 Å². The fourth-order valence-electron chi connectivity index (χ4n) is 2.83. The van der Waals surface area contributed by atoms with Gasteiger partial charge in [0.25, 0.3) is 5.56 Å². The number of thioether (sulfide) groups is 1. The number of fused-ring (bicyclic) bond motifs is 1. The molecule has 0 spiro atoms. The van der Waals surface area contributed by atoms with Gasteiger partial charge in [0.2, 0.25) is 5.91 Å². The topological polar surface area (TPSA) is 81.1 Å². The number of aryl methyl sites for hydroxylation is 2. The Bertz CT molecular complexity index is 1130. The van der Waals surface area contributed by atoms with Gasteiger partial charge in [-0.05, 0) is 50.6 Å². The number of carbonyl (C=O) groups is 2. The summed E-state index contributed by atoms with van der Waals surface area (Å²) in [5.74, 6) is -0.225. The molecular formula is C20H21N3O3S2. The van der Waals surface area contributed by atoms with Gasteiger partial charge in [-0.2, -0.15) is 0 Å². The molecule has 0 saturated carbocycles. The van der Waals surface area contributed by atoms with Gasteiger partial charge in [-0.1, -0.05) is 11.8 Å². The van der Waals surface area contributed by atoms with E-state index in [9.17, 15) is 14.4 Å². The Balaban J connectivity index is 1.85. The Morgan fingerprint density at radius 2 is 1.86 bits per heavy atom. The summed E-state index contributed by atoms with van der Waals surface area (Å²) in [6.07, 6.45) is 0. The predicted octanol–water partition coefficient (Wildman–Crippen LogP) is 3.93. The standard InChI is InChI=1S/C20H21N3O3S2/c1-10-11(2)27-18-16(10)19(26)23(5)20(22-18)28-12(3)17(25)14-6-8-15(9-7-14)21-13(4)24/h6-9,12H,1-5H3,(H,21,24). The number of aromatic nitrogens is 2. The lowest BCUT2D eigenvalue weighted by Crippen LogP contribution is -2.22. The van der Waals surface area contributed by atoms with Crippen LogP contribution in [0, 0.1) is 13.8 Å². The van der Waals surface area contributed by atoms with E-state index >= 15 is 0 Å². The Kier molecular flexibility index (Phi) is 5.71. The van der Waals surface area contributed by atoms with E-state index < -0.39 is 5.25 Å². The molecule has 1 atom stereocenters. The molecule has 1 aromatic carbocycles. The lowest BCUT2D eigenvalue weighted by molar-refractivity contribution is -0.114. The lowest BCUT2D eigenvalue weighted by Gasteiger charge is -2.13. The van der Waals surface area contributed by atoms with Crippen molar-refractivity contribution in [3.63, 3.8) is 0 Å². The average Bonchev–Trinajstić information content (AvgIpc) is 2.93. The smallest absolute Gasteiger partial charge is 0.262 e. The minimum Gasteiger partial charge on any atom is -0.326 e. The maximum absolute atomic E-state index is 12.8. The number of rotatable bonds is 5. The monoisotopic (exact) mass is 415 g/mol. The van der Waals surface area contributed by atoms with Crippen LogP contribution in [0.15, 0.2) is 34.2 Å². The summed E-state index contributed by atoms with van der Waals surface area (Å²) in [7, 11) is 1.68. The average molecular weight is 416 g/mol. The highest BCUT2D eigenvalue weighted by molar-refractivity contribution is 8.00. The van der Waals surface area contributed by atoms with Crippen molar-refractivity contribution in [2.45, 2.75) is 38.1 Å². The van der Waals surface area contributed by atoms with Crippen molar-refractivity contribution in [3.05, 3.63) is 50.6 Å². The Hall–Kier alpha value is -2.45. The van der Waals surface area contributed by atoms with Crippen LogP contribution in [0.1, 0.15) is 34.6 Å². The molecule has 0 radical (unpaired) electrons. The number of nitrogens with one attached hydrogen (secondary N) is 1. The van der Waals surface area contributed by atoms with E-state index in [0.29, 0.717) is 26.6 Å². The molecule has 0 aliphatic rings. The molecule has 8 heteroatoms. The van der Waals surface area contributed by atoms with Crippen molar-refractivity contribution in [1.82, 2.24) is 9.55 Å². The van der Waals surface area contributed by atoms with Gasteiger partial charge in [0.05, 0.1) is 10.6 Å². The summed E-state index contributed by atoms with van der Waals surface area (Å²) < 4.78 is 1.51. The van der Waals surface area contributed by atoms with Crippen LogP contribution in [0.5, 0.6) is 0 Å². The van der Waals surface area contributed by atoms with Gasteiger partial charge in [-0.3, -0.25) is 19.0 Å². The van der Waals surface area contributed by atoms with Crippen LogP contribution >= 0.6 is 23.1 Å². The van der Waals surface area contributed by atoms with Crippen LogP contribution in [0.2, 0.25) is 0 Å². The molecule has 0 saturated heterocycles. The van der Waals surface area contributed by atoms with Gasteiger partial charge in [0, 0.05) is 30.1 Å². The van der Waals surface area contributed by atoms with E-state index in [0.717, 1.165) is 10.4 Å². The number of hydrogen-bond acceptors (Lipinski definition) is 6. The van der Waals surface area contributed by atoms with E-state index in [1.54, 1.807) is 38.2 Å². The number of anilines is 1. The molecule has 2 aromatic heterocycles. The zero-order chi connectivity index (χ0) is 20.6. The Labute approximate surface area is 171 Å². The number of ketones is 1. The van der Waals surface area contributed by atoms with E-state index in [2.05, 4.69) is 10.3 Å². The van der Waals surface area contributed by atoms with E-state index in [4.69, 9.17) is 0 Å². The second kappa shape index (κ2) is 7.89. The number of thiophene rings is 1. The first-order chi connectivity index (χ1) is 13.2. The predicted molar refractivity (Wildman–Crippen MR) is 115 cm³/mol. The highest BCUT2D eigenvalue weighted by Gasteiger charge is 2.21. The van der Waals surface area contributed by atoms with Crippen LogP contribution in [-0.2, 0) is 11.8 Å². The van der Waals surface area contributed by atoms with Gasteiger partial charge in [-0.15, -0.1) is 11.3 Å². The minimum atomic E-state index is -0.413. The molecular weight excluding hydrogens is 394 g/mol. The maximum Gasteiger partial charge on any atom is 0.262 e. The van der Waals surface area contributed by atoms with E-state index in [1.807, 2.05) is 13.8 Å². The largest absolute Gasteiger partial charge is 0.326 e. The van der Waals surface area contributed by atoms with Crippen LogP contribution in [0.3, 0.4) is 0 Å². The first-order valence-corrected chi connectivity index (χ1v) is 10.4. The third kappa shape index (κ3) is 3.88. The molecule has 0 fully saturated rings. The molecule has 1 unspecified atom stereocenters. The zero-order valence-electron chi connectivity index (χ0n) is 16.3. The molecule has 0 aliphatic carbocycles. The first-order valence-electron chi connectivity index (χ1n) is 8.74. The first kappa shape index (κ1) is 20.3. The van der Waals surface area contributed by atoms with Gasteiger partial charge in [0.1, 0.15) is 4.83 Å². The van der Waals surface area contributed by atoms with Crippen molar-refractivity contribution in [1.29, 1.82) is 0 Å². The summed E-state index contributed by atoms with van der Waals surface area (Å²) in [6.45, 7) is 7.14. The normalized spacial score (nSPS) is 12.2. The molecule has 3 aromatic rings. The number of amides is 1. The number of Topliss-reactive ketones (excluding diaryl/α,β-unsaturated/α-hetero) is 1.